The van der Waals surface area contributed by atoms with Crippen molar-refractivity contribution in [1.29, 1.82) is 0 Å². The molecule has 0 N–H and O–H groups in total. The molecule has 0 unspecified atom stereocenters. The molecule has 0 aliphatic heterocycles. The van der Waals surface area contributed by atoms with E-state index in [1.165, 1.54) is 6.08 Å². The number of esters is 1. The van der Waals surface area contributed by atoms with Crippen molar-refractivity contribution < 1.29 is 22.7 Å². The van der Waals surface area contributed by atoms with Gasteiger partial charge in [-0.2, -0.15) is 13.2 Å². The average molecular weight is 194 g/mol. The van der Waals surface area contributed by atoms with E-state index in [0.717, 1.165) is 0 Å². The molecule has 0 saturated heterocycles. The molecular weight excluding hydrogens is 185 g/mol. The molecule has 0 saturated carbocycles. The third-order valence-corrected chi connectivity index (χ3v) is 0.966. The summed E-state index contributed by atoms with van der Waals surface area (Å²) in [5, 5.41) is 0. The Morgan fingerprint density at radius 1 is 1.46 bits per heavy atom. The number of hydrogen-bond donors (Lipinski definition) is 0. The lowest BCUT2D eigenvalue weighted by atomic mass is 10.5. The lowest BCUT2D eigenvalue weighted by molar-refractivity contribution is -0.137. The van der Waals surface area contributed by atoms with Crippen LogP contribution in [0, 0.1) is 0 Å². The highest BCUT2D eigenvalue weighted by Gasteiger charge is 2.22. The van der Waals surface area contributed by atoms with Gasteiger partial charge in [-0.25, -0.2) is 4.79 Å². The summed E-state index contributed by atoms with van der Waals surface area (Å²) in [4.78, 5) is 10.5. The van der Waals surface area contributed by atoms with E-state index in [0.29, 0.717) is 6.08 Å². The molecule has 0 heterocycles. The Morgan fingerprint density at radius 3 is 2.54 bits per heavy atom. The summed E-state index contributed by atoms with van der Waals surface area (Å²) in [6.45, 7) is 1.69. The molecule has 0 spiro atoms. The maximum atomic E-state index is 11.5. The second kappa shape index (κ2) is 5.40. The van der Waals surface area contributed by atoms with Crippen LogP contribution in [0.5, 0.6) is 0 Å². The lowest BCUT2D eigenvalue weighted by Gasteiger charge is -1.98. The van der Waals surface area contributed by atoms with Crippen molar-refractivity contribution in [2.24, 2.45) is 0 Å². The van der Waals surface area contributed by atoms with Gasteiger partial charge in [0.2, 0.25) is 0 Å². The van der Waals surface area contributed by atoms with Crippen molar-refractivity contribution in [2.45, 2.75) is 13.1 Å². The Hall–Kier alpha value is -1.26. The first-order valence-electron chi connectivity index (χ1n) is 3.49. The number of hydrogen-bond acceptors (Lipinski definition) is 2. The van der Waals surface area contributed by atoms with Crippen LogP contribution in [-0.2, 0) is 9.53 Å². The first-order chi connectivity index (χ1) is 5.95. The van der Waals surface area contributed by atoms with Crippen molar-refractivity contribution in [1.82, 2.24) is 0 Å². The number of ether oxygens (including phenoxy) is 1. The fourth-order valence-corrected chi connectivity index (χ4v) is 0.437. The Bertz CT molecular complexity index is 216. The fraction of sp³-hybridized carbons (Fsp3) is 0.375. The minimum Gasteiger partial charge on any atom is -0.458 e. The summed E-state index contributed by atoms with van der Waals surface area (Å²) in [7, 11) is 0. The Kier molecular flexibility index (Phi) is 4.87. The van der Waals surface area contributed by atoms with Gasteiger partial charge >= 0.3 is 12.1 Å². The molecular formula is C8H9F3O2. The van der Waals surface area contributed by atoms with Gasteiger partial charge in [0, 0.05) is 12.2 Å². The topological polar surface area (TPSA) is 26.3 Å². The fourth-order valence-electron chi connectivity index (χ4n) is 0.437. The van der Waals surface area contributed by atoms with Gasteiger partial charge < -0.3 is 4.74 Å². The second-order valence-electron chi connectivity index (χ2n) is 2.07. The number of halogens is 3. The highest BCUT2D eigenvalue weighted by molar-refractivity contribution is 5.82. The Morgan fingerprint density at radius 2 is 2.08 bits per heavy atom. The van der Waals surface area contributed by atoms with E-state index in [1.54, 1.807) is 13.0 Å². The van der Waals surface area contributed by atoms with E-state index in [9.17, 15) is 18.0 Å². The van der Waals surface area contributed by atoms with Crippen molar-refractivity contribution in [3.63, 3.8) is 0 Å². The zero-order valence-corrected chi connectivity index (χ0v) is 6.97. The van der Waals surface area contributed by atoms with Gasteiger partial charge in [-0.1, -0.05) is 12.2 Å². The minimum atomic E-state index is -4.47. The summed E-state index contributed by atoms with van der Waals surface area (Å²) >= 11 is 0. The van der Waals surface area contributed by atoms with Crippen molar-refractivity contribution >= 4 is 5.97 Å². The SMILES string of the molecule is C/C=C/COC(=O)/C=C/C(F)(F)F. The maximum absolute atomic E-state index is 11.5. The monoisotopic (exact) mass is 194 g/mol. The van der Waals surface area contributed by atoms with Crippen LogP contribution in [-0.4, -0.2) is 18.8 Å². The molecule has 0 rings (SSSR count). The van der Waals surface area contributed by atoms with Crippen LogP contribution in [0.1, 0.15) is 6.92 Å². The quantitative estimate of drug-likeness (QED) is 0.391. The molecule has 0 aliphatic rings. The predicted molar refractivity (Wildman–Crippen MR) is 41.0 cm³/mol. The molecule has 0 radical (unpaired) electrons. The summed E-state index contributed by atoms with van der Waals surface area (Å²) in [6, 6.07) is 0. The van der Waals surface area contributed by atoms with E-state index in [-0.39, 0.29) is 12.7 Å². The van der Waals surface area contributed by atoms with Gasteiger partial charge in [0.05, 0.1) is 0 Å². The van der Waals surface area contributed by atoms with Crippen molar-refractivity contribution in [3.05, 3.63) is 24.3 Å². The second-order valence-corrected chi connectivity index (χ2v) is 2.07. The van der Waals surface area contributed by atoms with Gasteiger partial charge in [-0.3, -0.25) is 0 Å². The van der Waals surface area contributed by atoms with E-state index < -0.39 is 12.1 Å². The van der Waals surface area contributed by atoms with E-state index >= 15 is 0 Å². The molecule has 0 fully saturated rings. The van der Waals surface area contributed by atoms with Gasteiger partial charge in [0.15, 0.2) is 0 Å². The Labute approximate surface area is 73.7 Å². The number of allylic oxidation sites excluding steroid dienone is 2. The highest BCUT2D eigenvalue weighted by atomic mass is 19.4. The van der Waals surface area contributed by atoms with Crippen LogP contribution < -0.4 is 0 Å². The lowest BCUT2D eigenvalue weighted by Crippen LogP contribution is -2.05. The number of rotatable bonds is 3. The molecule has 0 aromatic carbocycles. The first-order valence-corrected chi connectivity index (χ1v) is 3.49. The third-order valence-electron chi connectivity index (χ3n) is 0.966. The zero-order chi connectivity index (χ0) is 10.3. The van der Waals surface area contributed by atoms with Crippen LogP contribution >= 0.6 is 0 Å². The number of carbonyl (C=O) groups is 1. The predicted octanol–water partition coefficient (Wildman–Crippen LogP) is 2.22. The van der Waals surface area contributed by atoms with Crippen LogP contribution in [0.4, 0.5) is 13.2 Å². The molecule has 0 atom stereocenters. The number of alkyl halides is 3. The van der Waals surface area contributed by atoms with Crippen molar-refractivity contribution in [2.75, 3.05) is 6.61 Å². The van der Waals surface area contributed by atoms with E-state index in [1.807, 2.05) is 0 Å². The van der Waals surface area contributed by atoms with Crippen LogP contribution in [0.3, 0.4) is 0 Å². The normalized spacial score (nSPS) is 12.6. The molecule has 5 heteroatoms. The molecule has 74 valence electrons. The summed E-state index contributed by atoms with van der Waals surface area (Å²) in [5.41, 5.74) is 0. The highest BCUT2D eigenvalue weighted by Crippen LogP contribution is 2.15. The first kappa shape index (κ1) is 11.7. The third kappa shape index (κ3) is 8.65. The maximum Gasteiger partial charge on any atom is 0.410 e. The summed E-state index contributed by atoms with van der Waals surface area (Å²) < 4.78 is 38.9. The average Bonchev–Trinajstić information content (AvgIpc) is 2.00. The van der Waals surface area contributed by atoms with E-state index in [2.05, 4.69) is 4.74 Å². The molecule has 0 aromatic heterocycles. The number of carbonyl (C=O) groups excluding carboxylic acids is 1. The van der Waals surface area contributed by atoms with Crippen LogP contribution in [0.25, 0.3) is 0 Å². The van der Waals surface area contributed by atoms with Crippen molar-refractivity contribution in [3.8, 4) is 0 Å². The standard InChI is InChI=1S/C8H9F3O2/c1-2-3-6-13-7(12)4-5-8(9,10)11/h2-5H,6H2,1H3/b3-2+,5-4+. The minimum absolute atomic E-state index is 0.0163. The van der Waals surface area contributed by atoms with E-state index in [4.69, 9.17) is 0 Å². The van der Waals surface area contributed by atoms with Crippen LogP contribution in [0.2, 0.25) is 0 Å². The van der Waals surface area contributed by atoms with Gasteiger partial charge in [0.1, 0.15) is 6.61 Å². The molecule has 0 amide bonds. The Balaban J connectivity index is 3.81. The largest absolute Gasteiger partial charge is 0.458 e. The molecule has 0 aromatic rings. The molecule has 0 aliphatic carbocycles. The van der Waals surface area contributed by atoms with Gasteiger partial charge in [0.25, 0.3) is 0 Å². The van der Waals surface area contributed by atoms with Gasteiger partial charge in [-0.05, 0) is 6.92 Å². The molecule has 2 nitrogen and oxygen atoms in total. The van der Waals surface area contributed by atoms with Crippen LogP contribution in [0.15, 0.2) is 24.3 Å². The molecule has 13 heavy (non-hydrogen) atoms. The smallest absolute Gasteiger partial charge is 0.410 e. The molecule has 0 bridgehead atoms. The summed E-state index contributed by atoms with van der Waals surface area (Å²) in [6.07, 6.45) is -1.14. The summed E-state index contributed by atoms with van der Waals surface area (Å²) in [5.74, 6) is -1.00. The van der Waals surface area contributed by atoms with Gasteiger partial charge in [-0.15, -0.1) is 0 Å². The zero-order valence-electron chi connectivity index (χ0n) is 6.97.